The Kier molecular flexibility index (Phi) is 4.01. The molecule has 3 nitrogen and oxygen atoms in total. The first-order valence-electron chi connectivity index (χ1n) is 10.2. The highest BCUT2D eigenvalue weighted by molar-refractivity contribution is 9.10. The van der Waals surface area contributed by atoms with Crippen LogP contribution in [0.5, 0.6) is 0 Å². The Balaban J connectivity index is 1.77. The van der Waals surface area contributed by atoms with Crippen LogP contribution < -0.4 is 10.4 Å². The Hall–Kier alpha value is -2.59. The highest BCUT2D eigenvalue weighted by atomic mass is 79.9. The van der Waals surface area contributed by atoms with Crippen LogP contribution in [0.15, 0.2) is 52.8 Å². The predicted octanol–water partition coefficient (Wildman–Crippen LogP) is 5.46. The zero-order chi connectivity index (χ0) is 21.4. The summed E-state index contributed by atoms with van der Waals surface area (Å²) in [6, 6.07) is 10.6. The molecule has 0 aromatic heterocycles. The Labute approximate surface area is 184 Å². The van der Waals surface area contributed by atoms with Gasteiger partial charge in [-0.05, 0) is 93.2 Å². The van der Waals surface area contributed by atoms with Gasteiger partial charge >= 0.3 is 6.09 Å². The predicted molar refractivity (Wildman–Crippen MR) is 125 cm³/mol. The second kappa shape index (κ2) is 6.21. The first-order valence-corrected chi connectivity index (χ1v) is 11.0. The maximum absolute atomic E-state index is 12.7. The number of pyridine rings is 1. The molecule has 4 heteroatoms. The zero-order valence-corrected chi connectivity index (χ0v) is 19.4. The third kappa shape index (κ3) is 2.73. The van der Waals surface area contributed by atoms with Crippen molar-refractivity contribution in [3.63, 3.8) is 0 Å². The van der Waals surface area contributed by atoms with Crippen LogP contribution in [-0.4, -0.2) is 16.3 Å². The summed E-state index contributed by atoms with van der Waals surface area (Å²) in [5.41, 5.74) is 6.48. The van der Waals surface area contributed by atoms with Crippen LogP contribution in [0.25, 0.3) is 28.9 Å². The molecule has 0 amide bonds. The van der Waals surface area contributed by atoms with E-state index in [4.69, 9.17) is 4.74 Å². The second-order valence-corrected chi connectivity index (χ2v) is 10.4. The zero-order valence-electron chi connectivity index (χ0n) is 17.8. The summed E-state index contributed by atoms with van der Waals surface area (Å²) in [6.45, 7) is 10.2. The van der Waals surface area contributed by atoms with E-state index < -0.39 is 5.60 Å². The lowest BCUT2D eigenvalue weighted by Gasteiger charge is -2.33. The van der Waals surface area contributed by atoms with Crippen LogP contribution in [0.4, 0.5) is 4.79 Å². The standard InChI is InChI=1S/C26H24BrNO2/c1-25(2,3)30-24(29)28-11-10-18-20(14-28)22-19(23(18)27)13-16-12-15-8-6-7-9-17(15)21(16)26(22,4)5/h6-14H,1-5H3. The number of halogens is 1. The van der Waals surface area contributed by atoms with Gasteiger partial charge in [-0.3, -0.25) is 4.57 Å². The molecule has 0 fully saturated rings. The Morgan fingerprint density at radius 3 is 2.53 bits per heavy atom. The SMILES string of the molecule is CC(C)(C)OC(=O)n1ccc2c(Br)c3c(c-2c1)C(C)(C)C1=c2ccccc2=CC1=C3. The van der Waals surface area contributed by atoms with Gasteiger partial charge in [-0.15, -0.1) is 0 Å². The minimum atomic E-state index is -0.540. The summed E-state index contributed by atoms with van der Waals surface area (Å²) in [4.78, 5) is 12.7. The summed E-state index contributed by atoms with van der Waals surface area (Å²) in [7, 11) is 0. The summed E-state index contributed by atoms with van der Waals surface area (Å²) in [6.07, 6.45) is 7.88. The summed E-state index contributed by atoms with van der Waals surface area (Å²) < 4.78 is 8.21. The monoisotopic (exact) mass is 461 g/mol. The van der Waals surface area contributed by atoms with Crippen molar-refractivity contribution >= 4 is 39.7 Å². The quantitative estimate of drug-likeness (QED) is 0.445. The van der Waals surface area contributed by atoms with Crippen molar-refractivity contribution < 1.29 is 9.53 Å². The third-order valence-electron chi connectivity index (χ3n) is 5.96. The Morgan fingerprint density at radius 2 is 1.80 bits per heavy atom. The minimum Gasteiger partial charge on any atom is -0.443 e. The first kappa shape index (κ1) is 19.4. The lowest BCUT2D eigenvalue weighted by atomic mass is 9.70. The third-order valence-corrected chi connectivity index (χ3v) is 6.81. The molecule has 0 N–H and O–H groups in total. The van der Waals surface area contributed by atoms with Crippen molar-refractivity contribution in [2.75, 3.05) is 0 Å². The molecule has 0 saturated carbocycles. The van der Waals surface area contributed by atoms with Gasteiger partial charge in [0.05, 0.1) is 0 Å². The van der Waals surface area contributed by atoms with E-state index in [0.717, 1.165) is 15.6 Å². The van der Waals surface area contributed by atoms with Crippen molar-refractivity contribution in [3.8, 4) is 11.1 Å². The fraction of sp³-hybridized carbons (Fsp3) is 0.269. The van der Waals surface area contributed by atoms with Gasteiger partial charge in [0.2, 0.25) is 0 Å². The highest BCUT2D eigenvalue weighted by Gasteiger charge is 2.40. The van der Waals surface area contributed by atoms with Gasteiger partial charge in [-0.2, -0.15) is 0 Å². The molecule has 0 bridgehead atoms. The van der Waals surface area contributed by atoms with Gasteiger partial charge in [0.15, 0.2) is 0 Å². The molecular formula is C26H24BrNO2. The molecule has 0 unspecified atom stereocenters. The topological polar surface area (TPSA) is 31.2 Å². The van der Waals surface area contributed by atoms with E-state index in [-0.39, 0.29) is 11.5 Å². The molecule has 152 valence electrons. The molecule has 1 aliphatic heterocycles. The number of nitrogens with zero attached hydrogens (tertiary/aromatic N) is 1. The van der Waals surface area contributed by atoms with Crippen molar-refractivity contribution in [3.05, 3.63) is 74.3 Å². The van der Waals surface area contributed by atoms with Crippen molar-refractivity contribution in [2.24, 2.45) is 0 Å². The van der Waals surface area contributed by atoms with Crippen LogP contribution in [-0.2, 0) is 10.2 Å². The maximum atomic E-state index is 12.7. The molecule has 0 radical (unpaired) electrons. The van der Waals surface area contributed by atoms with Gasteiger partial charge in [0.25, 0.3) is 0 Å². The number of benzene rings is 1. The van der Waals surface area contributed by atoms with E-state index in [1.165, 1.54) is 32.7 Å². The number of hydrogen-bond acceptors (Lipinski definition) is 2. The van der Waals surface area contributed by atoms with Gasteiger partial charge in [-0.1, -0.05) is 38.1 Å². The van der Waals surface area contributed by atoms with E-state index in [9.17, 15) is 4.79 Å². The fourth-order valence-electron chi connectivity index (χ4n) is 4.86. The molecule has 5 rings (SSSR count). The molecule has 0 spiro atoms. The van der Waals surface area contributed by atoms with Gasteiger partial charge in [-0.25, -0.2) is 4.79 Å². The Bertz CT molecular complexity index is 1350. The van der Waals surface area contributed by atoms with E-state index in [1.54, 1.807) is 10.8 Å². The van der Waals surface area contributed by atoms with Crippen LogP contribution in [0.2, 0.25) is 0 Å². The van der Waals surface area contributed by atoms with Gasteiger partial charge < -0.3 is 4.74 Å². The van der Waals surface area contributed by atoms with Crippen molar-refractivity contribution in [1.29, 1.82) is 0 Å². The molecule has 4 aliphatic rings. The molecule has 1 aromatic carbocycles. The molecule has 0 saturated heterocycles. The Morgan fingerprint density at radius 1 is 1.07 bits per heavy atom. The maximum Gasteiger partial charge on any atom is 0.418 e. The number of carbonyl (C=O) groups is 1. The number of rotatable bonds is 0. The normalized spacial score (nSPS) is 16.5. The van der Waals surface area contributed by atoms with E-state index >= 15 is 0 Å². The number of aromatic nitrogens is 1. The fourth-order valence-corrected chi connectivity index (χ4v) is 5.52. The number of ether oxygens (including phenoxy) is 1. The minimum absolute atomic E-state index is 0.208. The summed E-state index contributed by atoms with van der Waals surface area (Å²) in [5, 5.41) is 2.56. The van der Waals surface area contributed by atoms with Crippen LogP contribution in [0.3, 0.4) is 0 Å². The van der Waals surface area contributed by atoms with Gasteiger partial charge in [0, 0.05) is 27.8 Å². The molecule has 1 heterocycles. The van der Waals surface area contributed by atoms with Crippen molar-refractivity contribution in [1.82, 2.24) is 4.57 Å². The molecule has 1 aromatic rings. The molecule has 0 atom stereocenters. The molecule has 30 heavy (non-hydrogen) atoms. The average Bonchev–Trinajstić information content (AvgIpc) is 3.17. The van der Waals surface area contributed by atoms with Crippen LogP contribution >= 0.6 is 15.9 Å². The average molecular weight is 462 g/mol. The van der Waals surface area contributed by atoms with Gasteiger partial charge in [0.1, 0.15) is 5.60 Å². The van der Waals surface area contributed by atoms with Crippen molar-refractivity contribution in [2.45, 2.75) is 45.6 Å². The number of allylic oxidation sites excluding steroid dienone is 1. The molecule has 3 aliphatic carbocycles. The van der Waals surface area contributed by atoms with Crippen LogP contribution in [0, 0.1) is 0 Å². The lowest BCUT2D eigenvalue weighted by Crippen LogP contribution is -2.31. The smallest absolute Gasteiger partial charge is 0.418 e. The van der Waals surface area contributed by atoms with Crippen LogP contribution in [0.1, 0.15) is 45.7 Å². The largest absolute Gasteiger partial charge is 0.443 e. The summed E-state index contributed by atoms with van der Waals surface area (Å²) >= 11 is 3.84. The van der Waals surface area contributed by atoms with E-state index in [0.29, 0.717) is 0 Å². The molecular weight excluding hydrogens is 438 g/mol. The number of fused-ring (bicyclic) bond motifs is 5. The number of carbonyl (C=O) groups excluding carboxylic acids is 1. The van der Waals surface area contributed by atoms with E-state index in [1.807, 2.05) is 33.0 Å². The second-order valence-electron chi connectivity index (χ2n) is 9.59. The summed E-state index contributed by atoms with van der Waals surface area (Å²) in [5.74, 6) is 0. The first-order chi connectivity index (χ1) is 14.1. The van der Waals surface area contributed by atoms with E-state index in [2.05, 4.69) is 66.2 Å². The lowest BCUT2D eigenvalue weighted by molar-refractivity contribution is 0.0536. The number of hydrogen-bond donors (Lipinski definition) is 0. The highest BCUT2D eigenvalue weighted by Crippen LogP contribution is 2.54.